The summed E-state index contributed by atoms with van der Waals surface area (Å²) in [6.07, 6.45) is 4.48. The fourth-order valence-corrected chi connectivity index (χ4v) is 2.62. The first-order valence-electron chi connectivity index (χ1n) is 5.52. The van der Waals surface area contributed by atoms with E-state index in [-0.39, 0.29) is 11.7 Å². The monoisotopic (exact) mass is 237 g/mol. The van der Waals surface area contributed by atoms with Crippen LogP contribution in [0, 0.1) is 0 Å². The summed E-state index contributed by atoms with van der Waals surface area (Å²) in [6.45, 7) is 0. The zero-order chi connectivity index (χ0) is 11.1. The Balaban J connectivity index is 2.25. The normalized spacial score (nSPS) is 17.3. The van der Waals surface area contributed by atoms with Crippen molar-refractivity contribution in [3.63, 3.8) is 0 Å². The van der Waals surface area contributed by atoms with E-state index in [2.05, 4.69) is 9.97 Å². The highest BCUT2D eigenvalue weighted by molar-refractivity contribution is 6.29. The molecule has 1 aliphatic rings. The Morgan fingerprint density at radius 3 is 2.88 bits per heavy atom. The predicted molar refractivity (Wildman–Crippen MR) is 62.9 cm³/mol. The minimum atomic E-state index is -0.0725. The van der Waals surface area contributed by atoms with Gasteiger partial charge in [0.05, 0.1) is 5.52 Å². The minimum absolute atomic E-state index is 0.0725. The van der Waals surface area contributed by atoms with Crippen LogP contribution in [0.5, 0.6) is 0 Å². The molecule has 0 atom stereocenters. The van der Waals surface area contributed by atoms with Crippen molar-refractivity contribution in [2.75, 3.05) is 0 Å². The van der Waals surface area contributed by atoms with Crippen LogP contribution < -0.4 is 5.69 Å². The van der Waals surface area contributed by atoms with E-state index in [1.165, 1.54) is 12.8 Å². The molecule has 4 nitrogen and oxygen atoms in total. The number of pyridine rings is 1. The molecule has 16 heavy (non-hydrogen) atoms. The van der Waals surface area contributed by atoms with E-state index in [0.717, 1.165) is 18.4 Å². The van der Waals surface area contributed by atoms with Gasteiger partial charge in [0.2, 0.25) is 0 Å². The largest absolute Gasteiger partial charge is 0.327 e. The second kappa shape index (κ2) is 3.63. The fraction of sp³-hybridized carbons (Fsp3) is 0.455. The van der Waals surface area contributed by atoms with Crippen LogP contribution in [0.1, 0.15) is 31.7 Å². The van der Waals surface area contributed by atoms with Gasteiger partial charge in [-0.25, -0.2) is 9.78 Å². The third-order valence-electron chi connectivity index (χ3n) is 3.22. The second-order valence-corrected chi connectivity index (χ2v) is 4.63. The number of hydrogen-bond donors (Lipinski definition) is 1. The molecule has 2 aromatic rings. The number of halogens is 1. The van der Waals surface area contributed by atoms with E-state index in [1.807, 2.05) is 0 Å². The van der Waals surface area contributed by atoms with Gasteiger partial charge in [-0.3, -0.25) is 4.57 Å². The quantitative estimate of drug-likeness (QED) is 0.775. The molecule has 3 rings (SSSR count). The Labute approximate surface area is 97.3 Å². The molecule has 1 N–H and O–H groups in total. The molecular weight excluding hydrogens is 226 g/mol. The number of rotatable bonds is 1. The summed E-state index contributed by atoms with van der Waals surface area (Å²) in [6, 6.07) is 3.78. The molecule has 0 radical (unpaired) electrons. The molecule has 0 bridgehead atoms. The van der Waals surface area contributed by atoms with E-state index in [4.69, 9.17) is 11.6 Å². The lowest BCUT2D eigenvalue weighted by molar-refractivity contribution is 0.515. The van der Waals surface area contributed by atoms with Crippen LogP contribution in [-0.4, -0.2) is 14.5 Å². The number of nitrogens with one attached hydrogen (secondary N) is 1. The van der Waals surface area contributed by atoms with Gasteiger partial charge in [-0.05, 0) is 25.0 Å². The lowest BCUT2D eigenvalue weighted by Gasteiger charge is -2.10. The van der Waals surface area contributed by atoms with Gasteiger partial charge in [0.25, 0.3) is 0 Å². The molecule has 0 aromatic carbocycles. The molecule has 0 saturated heterocycles. The van der Waals surface area contributed by atoms with E-state index < -0.39 is 0 Å². The van der Waals surface area contributed by atoms with Crippen LogP contribution in [0.4, 0.5) is 0 Å². The van der Waals surface area contributed by atoms with Crippen molar-refractivity contribution in [3.05, 3.63) is 27.8 Å². The highest BCUT2D eigenvalue weighted by Crippen LogP contribution is 2.30. The lowest BCUT2D eigenvalue weighted by atomic mass is 10.2. The zero-order valence-electron chi connectivity index (χ0n) is 8.74. The Morgan fingerprint density at radius 1 is 1.38 bits per heavy atom. The maximum Gasteiger partial charge on any atom is 0.327 e. The smallest absolute Gasteiger partial charge is 0.304 e. The maximum absolute atomic E-state index is 11.9. The van der Waals surface area contributed by atoms with E-state index in [1.54, 1.807) is 16.7 Å². The number of aromatic amines is 1. The van der Waals surface area contributed by atoms with Gasteiger partial charge < -0.3 is 4.98 Å². The first kappa shape index (κ1) is 9.90. The van der Waals surface area contributed by atoms with Crippen LogP contribution in [0.3, 0.4) is 0 Å². The van der Waals surface area contributed by atoms with Crippen molar-refractivity contribution in [2.45, 2.75) is 31.7 Å². The SMILES string of the molecule is O=c1[nH]c2ccc(Cl)nc2n1C1CCCC1. The molecule has 5 heteroatoms. The molecule has 84 valence electrons. The van der Waals surface area contributed by atoms with E-state index in [0.29, 0.717) is 10.8 Å². The third kappa shape index (κ3) is 1.45. The maximum atomic E-state index is 11.9. The van der Waals surface area contributed by atoms with Crippen molar-refractivity contribution in [1.82, 2.24) is 14.5 Å². The highest BCUT2D eigenvalue weighted by atomic mass is 35.5. The summed E-state index contributed by atoms with van der Waals surface area (Å²) in [4.78, 5) is 18.9. The molecule has 1 saturated carbocycles. The number of H-pyrrole nitrogens is 1. The van der Waals surface area contributed by atoms with Crippen LogP contribution >= 0.6 is 11.6 Å². The number of aromatic nitrogens is 3. The first-order valence-corrected chi connectivity index (χ1v) is 5.90. The molecule has 0 aliphatic heterocycles. The van der Waals surface area contributed by atoms with Crippen molar-refractivity contribution in [1.29, 1.82) is 0 Å². The first-order chi connectivity index (χ1) is 7.75. The Bertz CT molecular complexity index is 580. The number of nitrogens with zero attached hydrogens (tertiary/aromatic N) is 2. The predicted octanol–water partition coefficient (Wildman–Crippen LogP) is 2.49. The topological polar surface area (TPSA) is 50.7 Å². The number of fused-ring (bicyclic) bond motifs is 1. The molecular formula is C11H12ClN3O. The minimum Gasteiger partial charge on any atom is -0.304 e. The van der Waals surface area contributed by atoms with Gasteiger partial charge in [-0.2, -0.15) is 0 Å². The average Bonchev–Trinajstić information content (AvgIpc) is 2.83. The molecule has 0 spiro atoms. The zero-order valence-corrected chi connectivity index (χ0v) is 9.50. The van der Waals surface area contributed by atoms with Gasteiger partial charge in [0.1, 0.15) is 5.15 Å². The molecule has 2 heterocycles. The van der Waals surface area contributed by atoms with Gasteiger partial charge in [-0.1, -0.05) is 24.4 Å². The summed E-state index contributed by atoms with van der Waals surface area (Å²) in [5.41, 5.74) is 1.38. The number of hydrogen-bond acceptors (Lipinski definition) is 2. The highest BCUT2D eigenvalue weighted by Gasteiger charge is 2.21. The summed E-state index contributed by atoms with van der Waals surface area (Å²) < 4.78 is 1.76. The summed E-state index contributed by atoms with van der Waals surface area (Å²) in [5.74, 6) is 0. The molecule has 0 amide bonds. The summed E-state index contributed by atoms with van der Waals surface area (Å²) in [7, 11) is 0. The molecule has 1 aliphatic carbocycles. The van der Waals surface area contributed by atoms with E-state index in [9.17, 15) is 4.79 Å². The van der Waals surface area contributed by atoms with Gasteiger partial charge in [0, 0.05) is 6.04 Å². The second-order valence-electron chi connectivity index (χ2n) is 4.24. The van der Waals surface area contributed by atoms with Crippen molar-refractivity contribution in [2.24, 2.45) is 0 Å². The van der Waals surface area contributed by atoms with Crippen LogP contribution in [-0.2, 0) is 0 Å². The molecule has 0 unspecified atom stereocenters. The van der Waals surface area contributed by atoms with Crippen LogP contribution in [0.25, 0.3) is 11.2 Å². The molecule has 2 aromatic heterocycles. The van der Waals surface area contributed by atoms with Gasteiger partial charge in [-0.15, -0.1) is 0 Å². The van der Waals surface area contributed by atoms with Crippen molar-refractivity contribution < 1.29 is 0 Å². The van der Waals surface area contributed by atoms with Crippen LogP contribution in [0.15, 0.2) is 16.9 Å². The van der Waals surface area contributed by atoms with E-state index >= 15 is 0 Å². The third-order valence-corrected chi connectivity index (χ3v) is 3.43. The number of imidazole rings is 1. The molecule has 1 fully saturated rings. The van der Waals surface area contributed by atoms with Crippen LogP contribution in [0.2, 0.25) is 5.15 Å². The Kier molecular flexibility index (Phi) is 2.24. The standard InChI is InChI=1S/C11H12ClN3O/c12-9-6-5-8-10(14-9)15(11(16)13-8)7-3-1-2-4-7/h5-7H,1-4H2,(H,13,16). The lowest BCUT2D eigenvalue weighted by Crippen LogP contribution is -2.20. The Morgan fingerprint density at radius 2 is 2.12 bits per heavy atom. The van der Waals surface area contributed by atoms with Gasteiger partial charge >= 0.3 is 5.69 Å². The fourth-order valence-electron chi connectivity index (χ4n) is 2.48. The van der Waals surface area contributed by atoms with Crippen molar-refractivity contribution in [3.8, 4) is 0 Å². The summed E-state index contributed by atoms with van der Waals surface area (Å²) >= 11 is 5.87. The summed E-state index contributed by atoms with van der Waals surface area (Å²) in [5, 5.41) is 0.429. The van der Waals surface area contributed by atoms with Gasteiger partial charge in [0.15, 0.2) is 5.65 Å². The van der Waals surface area contributed by atoms with Crippen molar-refractivity contribution >= 4 is 22.8 Å². The average molecular weight is 238 g/mol. The Hall–Kier alpha value is -1.29.